The first-order valence-corrected chi connectivity index (χ1v) is 6.17. The van der Waals surface area contributed by atoms with E-state index < -0.39 is 11.7 Å². The molecule has 0 aliphatic carbocycles. The Morgan fingerprint density at radius 3 is 2.28 bits per heavy atom. The molecule has 0 radical (unpaired) electrons. The smallest absolute Gasteiger partial charge is 0.240 e. The molecule has 0 atom stereocenters. The van der Waals surface area contributed by atoms with Crippen molar-refractivity contribution < 1.29 is 13.2 Å². The molecule has 0 fully saturated rings. The molecule has 0 unspecified atom stereocenters. The molecule has 0 bridgehead atoms. The normalized spacial score (nSPS) is 11.6. The van der Waals surface area contributed by atoms with Crippen molar-refractivity contribution >= 4 is 15.9 Å². The van der Waals surface area contributed by atoms with E-state index in [-0.39, 0.29) is 0 Å². The van der Waals surface area contributed by atoms with Crippen LogP contribution in [0.4, 0.5) is 13.2 Å². The number of hydrogen-bond donors (Lipinski definition) is 0. The van der Waals surface area contributed by atoms with Gasteiger partial charge in [-0.05, 0) is 18.2 Å². The number of aromatic nitrogens is 2. The van der Waals surface area contributed by atoms with Crippen LogP contribution in [0.1, 0.15) is 11.3 Å². The van der Waals surface area contributed by atoms with Gasteiger partial charge in [-0.2, -0.15) is 13.2 Å². The topological polar surface area (TPSA) is 25.8 Å². The Morgan fingerprint density at radius 2 is 1.72 bits per heavy atom. The minimum Gasteiger partial charge on any atom is -0.240 e. The van der Waals surface area contributed by atoms with Gasteiger partial charge in [0, 0.05) is 10.9 Å². The molecule has 0 spiro atoms. The fourth-order valence-corrected chi connectivity index (χ4v) is 1.77. The third kappa shape index (κ3) is 2.87. The van der Waals surface area contributed by atoms with Crippen LogP contribution in [0.25, 0.3) is 11.3 Å². The summed E-state index contributed by atoms with van der Waals surface area (Å²) in [5.74, 6) is 0. The van der Waals surface area contributed by atoms with E-state index in [0.717, 1.165) is 17.8 Å². The first-order valence-electron chi connectivity index (χ1n) is 5.05. The molecule has 0 aliphatic rings. The number of rotatable bonds is 2. The predicted octanol–water partition coefficient (Wildman–Crippen LogP) is 4.06. The Kier molecular flexibility index (Phi) is 3.65. The maximum Gasteiger partial charge on any atom is 0.416 e. The van der Waals surface area contributed by atoms with Crippen LogP contribution in [0.5, 0.6) is 0 Å². The van der Waals surface area contributed by atoms with Gasteiger partial charge in [-0.25, -0.2) is 9.97 Å². The van der Waals surface area contributed by atoms with Gasteiger partial charge in [-0.15, -0.1) is 0 Å². The fourth-order valence-electron chi connectivity index (χ4n) is 1.46. The molecule has 2 rings (SSSR count). The van der Waals surface area contributed by atoms with Gasteiger partial charge < -0.3 is 0 Å². The molecule has 18 heavy (non-hydrogen) atoms. The van der Waals surface area contributed by atoms with E-state index in [0.29, 0.717) is 16.6 Å². The van der Waals surface area contributed by atoms with Gasteiger partial charge >= 0.3 is 6.18 Å². The average Bonchev–Trinajstić information content (AvgIpc) is 2.38. The van der Waals surface area contributed by atoms with E-state index in [9.17, 15) is 13.2 Å². The van der Waals surface area contributed by atoms with Crippen molar-refractivity contribution in [3.8, 4) is 11.3 Å². The van der Waals surface area contributed by atoms with Crippen LogP contribution in [-0.2, 0) is 11.5 Å². The van der Waals surface area contributed by atoms with Crippen molar-refractivity contribution in [2.45, 2.75) is 11.5 Å². The SMILES string of the molecule is FC(F)(F)c1ccc(-c2cc(CBr)ncn2)cc1. The molecule has 6 heteroatoms. The third-order valence-corrected chi connectivity index (χ3v) is 2.94. The van der Waals surface area contributed by atoms with Gasteiger partial charge in [-0.1, -0.05) is 28.1 Å². The van der Waals surface area contributed by atoms with Crippen LogP contribution in [0.2, 0.25) is 0 Å². The number of hydrogen-bond acceptors (Lipinski definition) is 2. The predicted molar refractivity (Wildman–Crippen MR) is 65.1 cm³/mol. The first kappa shape index (κ1) is 13.0. The van der Waals surface area contributed by atoms with Crippen LogP contribution in [0.3, 0.4) is 0 Å². The van der Waals surface area contributed by atoms with Gasteiger partial charge in [0.05, 0.1) is 17.0 Å². The van der Waals surface area contributed by atoms with Crippen molar-refractivity contribution in [1.82, 2.24) is 9.97 Å². The summed E-state index contributed by atoms with van der Waals surface area (Å²) in [5.41, 5.74) is 1.35. The molecule has 0 aliphatic heterocycles. The maximum atomic E-state index is 12.4. The summed E-state index contributed by atoms with van der Waals surface area (Å²) in [7, 11) is 0. The summed E-state index contributed by atoms with van der Waals surface area (Å²) >= 11 is 3.26. The molecular formula is C12H8BrF3N2. The van der Waals surface area contributed by atoms with E-state index in [1.807, 2.05) is 0 Å². The summed E-state index contributed by atoms with van der Waals surface area (Å²) in [6.45, 7) is 0. The Morgan fingerprint density at radius 1 is 1.06 bits per heavy atom. The summed E-state index contributed by atoms with van der Waals surface area (Å²) < 4.78 is 37.2. The van der Waals surface area contributed by atoms with Gasteiger partial charge in [0.2, 0.25) is 0 Å². The lowest BCUT2D eigenvalue weighted by Crippen LogP contribution is -2.04. The Bertz CT molecular complexity index is 538. The highest BCUT2D eigenvalue weighted by molar-refractivity contribution is 9.08. The van der Waals surface area contributed by atoms with Crippen molar-refractivity contribution in [1.29, 1.82) is 0 Å². The standard InChI is InChI=1S/C12H8BrF3N2/c13-6-10-5-11(18-7-17-10)8-1-3-9(4-2-8)12(14,15)16/h1-5,7H,6H2. The lowest BCUT2D eigenvalue weighted by Gasteiger charge is -2.07. The molecule has 94 valence electrons. The highest BCUT2D eigenvalue weighted by Gasteiger charge is 2.29. The second-order valence-corrected chi connectivity index (χ2v) is 4.16. The molecule has 2 nitrogen and oxygen atoms in total. The van der Waals surface area contributed by atoms with Crippen LogP contribution in [0.15, 0.2) is 36.7 Å². The van der Waals surface area contributed by atoms with Crippen molar-refractivity contribution in [2.75, 3.05) is 0 Å². The van der Waals surface area contributed by atoms with Crippen LogP contribution >= 0.6 is 15.9 Å². The summed E-state index contributed by atoms with van der Waals surface area (Å²) in [4.78, 5) is 8.04. The molecule has 0 N–H and O–H groups in total. The van der Waals surface area contributed by atoms with E-state index in [1.54, 1.807) is 6.07 Å². The monoisotopic (exact) mass is 316 g/mol. The van der Waals surface area contributed by atoms with Gasteiger partial charge in [0.25, 0.3) is 0 Å². The Balaban J connectivity index is 2.34. The second-order valence-electron chi connectivity index (χ2n) is 3.60. The zero-order chi connectivity index (χ0) is 13.2. The Hall–Kier alpha value is -1.43. The molecule has 1 aromatic carbocycles. The molecule has 0 saturated heterocycles. The van der Waals surface area contributed by atoms with Crippen LogP contribution in [0, 0.1) is 0 Å². The van der Waals surface area contributed by atoms with E-state index >= 15 is 0 Å². The second kappa shape index (κ2) is 5.06. The molecule has 0 saturated carbocycles. The van der Waals surface area contributed by atoms with E-state index in [1.165, 1.54) is 18.5 Å². The van der Waals surface area contributed by atoms with Crippen molar-refractivity contribution in [2.24, 2.45) is 0 Å². The van der Waals surface area contributed by atoms with Crippen molar-refractivity contribution in [3.63, 3.8) is 0 Å². The zero-order valence-corrected chi connectivity index (χ0v) is 10.7. The van der Waals surface area contributed by atoms with Crippen LogP contribution in [-0.4, -0.2) is 9.97 Å². The van der Waals surface area contributed by atoms with E-state index in [2.05, 4.69) is 25.9 Å². The molecular weight excluding hydrogens is 309 g/mol. The molecule has 0 amide bonds. The van der Waals surface area contributed by atoms with Gasteiger partial charge in [-0.3, -0.25) is 0 Å². The quantitative estimate of drug-likeness (QED) is 0.781. The summed E-state index contributed by atoms with van der Waals surface area (Å²) in [5, 5.41) is 0.573. The van der Waals surface area contributed by atoms with Crippen molar-refractivity contribution in [3.05, 3.63) is 47.9 Å². The summed E-state index contributed by atoms with van der Waals surface area (Å²) in [6.07, 6.45) is -2.92. The number of alkyl halides is 4. The molecule has 2 aromatic rings. The van der Waals surface area contributed by atoms with Crippen LogP contribution < -0.4 is 0 Å². The third-order valence-electron chi connectivity index (χ3n) is 2.37. The van der Waals surface area contributed by atoms with Gasteiger partial charge in [0.15, 0.2) is 0 Å². The number of nitrogens with zero attached hydrogens (tertiary/aromatic N) is 2. The molecule has 1 heterocycles. The highest BCUT2D eigenvalue weighted by Crippen LogP contribution is 2.30. The largest absolute Gasteiger partial charge is 0.416 e. The minimum absolute atomic E-state index is 0.573. The van der Waals surface area contributed by atoms with E-state index in [4.69, 9.17) is 0 Å². The highest BCUT2D eigenvalue weighted by atomic mass is 79.9. The van der Waals surface area contributed by atoms with Gasteiger partial charge in [0.1, 0.15) is 6.33 Å². The average molecular weight is 317 g/mol. The number of benzene rings is 1. The lowest BCUT2D eigenvalue weighted by atomic mass is 10.1. The Labute approximate surface area is 110 Å². The maximum absolute atomic E-state index is 12.4. The first-order chi connectivity index (χ1) is 8.50. The zero-order valence-electron chi connectivity index (χ0n) is 9.08. The number of halogens is 4. The minimum atomic E-state index is -4.31. The molecule has 1 aromatic heterocycles. The summed E-state index contributed by atoms with van der Waals surface area (Å²) in [6, 6.07) is 6.64. The lowest BCUT2D eigenvalue weighted by molar-refractivity contribution is -0.137. The fraction of sp³-hybridized carbons (Fsp3) is 0.167.